The number of ketones is 1. The molecule has 0 saturated heterocycles. The minimum atomic E-state index is -3.72. The summed E-state index contributed by atoms with van der Waals surface area (Å²) in [4.78, 5) is 24.3. The molecule has 9 nitrogen and oxygen atoms in total. The van der Waals surface area contributed by atoms with E-state index in [1.807, 2.05) is 18.2 Å². The second-order valence-electron chi connectivity index (χ2n) is 6.43. The summed E-state index contributed by atoms with van der Waals surface area (Å²) < 4.78 is 27.4. The summed E-state index contributed by atoms with van der Waals surface area (Å²) in [5.41, 5.74) is 0.348. The fraction of sp³-hybridized carbons (Fsp3) is 0.200. The lowest BCUT2D eigenvalue weighted by Crippen LogP contribution is -2.29. The van der Waals surface area contributed by atoms with Gasteiger partial charge in [0.25, 0.3) is 0 Å². The highest BCUT2D eigenvalue weighted by Gasteiger charge is 2.14. The van der Waals surface area contributed by atoms with Gasteiger partial charge in [0.15, 0.2) is 5.78 Å². The minimum absolute atomic E-state index is 0.0509. The van der Waals surface area contributed by atoms with Gasteiger partial charge < -0.3 is 10.6 Å². The van der Waals surface area contributed by atoms with E-state index in [-0.39, 0.29) is 17.2 Å². The summed E-state index contributed by atoms with van der Waals surface area (Å²) >= 11 is 0. The Bertz CT molecular complexity index is 1140. The molecule has 0 bridgehead atoms. The van der Waals surface area contributed by atoms with E-state index < -0.39 is 10.0 Å². The first-order valence-electron chi connectivity index (χ1n) is 9.22. The van der Waals surface area contributed by atoms with Crippen LogP contribution in [0.2, 0.25) is 0 Å². The Morgan fingerprint density at radius 1 is 0.967 bits per heavy atom. The van der Waals surface area contributed by atoms with Gasteiger partial charge in [-0.15, -0.1) is 0 Å². The molecular formula is C20H22N6O3S. The van der Waals surface area contributed by atoms with Gasteiger partial charge in [-0.05, 0) is 38.1 Å². The first kappa shape index (κ1) is 21.3. The maximum absolute atomic E-state index is 12.4. The number of pyridine rings is 1. The van der Waals surface area contributed by atoms with E-state index in [0.29, 0.717) is 35.4 Å². The average molecular weight is 427 g/mol. The summed E-state index contributed by atoms with van der Waals surface area (Å²) in [5.74, 6) is 2.15. The van der Waals surface area contributed by atoms with Gasteiger partial charge in [-0.2, -0.15) is 0 Å². The number of hydrogen-bond acceptors (Lipinski definition) is 8. The summed E-state index contributed by atoms with van der Waals surface area (Å²) in [6.45, 7) is 3.60. The Morgan fingerprint density at radius 2 is 1.77 bits per heavy atom. The first-order valence-corrected chi connectivity index (χ1v) is 10.7. The van der Waals surface area contributed by atoms with Crippen LogP contribution in [0, 0.1) is 6.92 Å². The molecule has 3 rings (SSSR count). The third-order valence-electron chi connectivity index (χ3n) is 4.03. The van der Waals surface area contributed by atoms with E-state index in [9.17, 15) is 13.2 Å². The fourth-order valence-corrected chi connectivity index (χ4v) is 3.71. The normalized spacial score (nSPS) is 11.1. The first-order chi connectivity index (χ1) is 14.3. The highest BCUT2D eigenvalue weighted by molar-refractivity contribution is 7.89. The lowest BCUT2D eigenvalue weighted by atomic mass is 10.2. The third kappa shape index (κ3) is 5.82. The number of aryl methyl sites for hydroxylation is 1. The van der Waals surface area contributed by atoms with Crippen LogP contribution in [0.4, 0.5) is 17.5 Å². The number of benzene rings is 1. The lowest BCUT2D eigenvalue weighted by Gasteiger charge is -2.11. The van der Waals surface area contributed by atoms with Crippen molar-refractivity contribution >= 4 is 33.3 Å². The maximum atomic E-state index is 12.4. The molecule has 0 radical (unpaired) electrons. The fourth-order valence-electron chi connectivity index (χ4n) is 2.63. The van der Waals surface area contributed by atoms with Crippen molar-refractivity contribution in [3.8, 4) is 0 Å². The van der Waals surface area contributed by atoms with Gasteiger partial charge in [-0.1, -0.05) is 18.2 Å². The largest absolute Gasteiger partial charge is 0.369 e. The molecule has 1 aromatic carbocycles. The molecule has 0 aliphatic carbocycles. The summed E-state index contributed by atoms with van der Waals surface area (Å²) in [6.07, 6.45) is 1.67. The number of carbonyl (C=O) groups excluding carboxylic acids is 1. The molecule has 0 atom stereocenters. The van der Waals surface area contributed by atoms with E-state index in [1.165, 1.54) is 19.1 Å². The molecular weight excluding hydrogens is 404 g/mol. The molecule has 0 amide bonds. The number of nitrogens with one attached hydrogen (secondary N) is 3. The Morgan fingerprint density at radius 3 is 2.50 bits per heavy atom. The highest BCUT2D eigenvalue weighted by atomic mass is 32.2. The number of rotatable bonds is 9. The van der Waals surface area contributed by atoms with Crippen LogP contribution in [-0.4, -0.2) is 42.2 Å². The zero-order valence-electron chi connectivity index (χ0n) is 16.6. The van der Waals surface area contributed by atoms with E-state index in [0.717, 1.165) is 0 Å². The number of Topliss-reactive ketones (excluding diaryl/α,β-unsaturated/α-hetero) is 1. The number of aromatic nitrogens is 3. The molecule has 0 aliphatic heterocycles. The molecule has 0 fully saturated rings. The number of nitrogens with zero attached hydrogens (tertiary/aromatic N) is 3. The van der Waals surface area contributed by atoms with Crippen LogP contribution >= 0.6 is 0 Å². The molecule has 0 spiro atoms. The van der Waals surface area contributed by atoms with Crippen molar-refractivity contribution in [3.05, 3.63) is 66.1 Å². The Hall–Kier alpha value is -3.37. The Balaban J connectivity index is 1.58. The maximum Gasteiger partial charge on any atom is 0.240 e. The van der Waals surface area contributed by atoms with Crippen molar-refractivity contribution in [2.75, 3.05) is 23.7 Å². The quantitative estimate of drug-likeness (QED) is 0.352. The average Bonchev–Trinajstić information content (AvgIpc) is 2.72. The Labute approximate surface area is 175 Å². The summed E-state index contributed by atoms with van der Waals surface area (Å²) in [7, 11) is -3.72. The second kappa shape index (κ2) is 9.42. The molecule has 0 aliphatic rings. The highest BCUT2D eigenvalue weighted by Crippen LogP contribution is 2.15. The molecule has 30 heavy (non-hydrogen) atoms. The SMILES string of the molecule is CC(=O)c1cccc(S(=O)(=O)NCCNc2cc(Nc3ccccn3)nc(C)n2)c1. The van der Waals surface area contributed by atoms with Crippen LogP contribution in [-0.2, 0) is 10.0 Å². The predicted molar refractivity (Wildman–Crippen MR) is 114 cm³/mol. The van der Waals surface area contributed by atoms with Crippen molar-refractivity contribution in [2.45, 2.75) is 18.7 Å². The van der Waals surface area contributed by atoms with E-state index in [2.05, 4.69) is 30.3 Å². The standard InChI is InChI=1S/C20H22N6O3S/c1-14(27)16-6-5-7-17(12-16)30(28,29)23-11-10-22-19-13-20(25-15(2)24-19)26-18-8-3-4-9-21-18/h3-9,12-13,23H,10-11H2,1-2H3,(H2,21,22,24,25,26). The summed E-state index contributed by atoms with van der Waals surface area (Å²) in [5, 5.41) is 6.17. The van der Waals surface area contributed by atoms with E-state index in [4.69, 9.17) is 0 Å². The van der Waals surface area contributed by atoms with Gasteiger partial charge in [0.1, 0.15) is 23.3 Å². The van der Waals surface area contributed by atoms with Crippen LogP contribution in [0.3, 0.4) is 0 Å². The van der Waals surface area contributed by atoms with Gasteiger partial charge in [-0.3, -0.25) is 4.79 Å². The smallest absolute Gasteiger partial charge is 0.240 e. The van der Waals surface area contributed by atoms with Gasteiger partial charge >= 0.3 is 0 Å². The van der Waals surface area contributed by atoms with Crippen molar-refractivity contribution in [1.29, 1.82) is 0 Å². The molecule has 2 heterocycles. The molecule has 2 aromatic heterocycles. The van der Waals surface area contributed by atoms with Crippen LogP contribution in [0.15, 0.2) is 59.6 Å². The molecule has 3 aromatic rings. The molecule has 10 heteroatoms. The summed E-state index contributed by atoms with van der Waals surface area (Å²) in [6, 6.07) is 13.2. The zero-order chi connectivity index (χ0) is 21.6. The number of anilines is 3. The monoisotopic (exact) mass is 426 g/mol. The van der Waals surface area contributed by atoms with Crippen LogP contribution in [0.5, 0.6) is 0 Å². The van der Waals surface area contributed by atoms with E-state index in [1.54, 1.807) is 31.3 Å². The van der Waals surface area contributed by atoms with Gasteiger partial charge in [-0.25, -0.2) is 28.1 Å². The molecule has 0 saturated carbocycles. The van der Waals surface area contributed by atoms with Gasteiger partial charge in [0.05, 0.1) is 4.90 Å². The number of carbonyl (C=O) groups is 1. The van der Waals surface area contributed by atoms with Crippen molar-refractivity contribution in [1.82, 2.24) is 19.7 Å². The second-order valence-corrected chi connectivity index (χ2v) is 8.20. The van der Waals surface area contributed by atoms with Crippen LogP contribution in [0.1, 0.15) is 23.1 Å². The van der Waals surface area contributed by atoms with Crippen LogP contribution in [0.25, 0.3) is 0 Å². The van der Waals surface area contributed by atoms with Gasteiger partial charge in [0.2, 0.25) is 10.0 Å². The zero-order valence-corrected chi connectivity index (χ0v) is 17.4. The topological polar surface area (TPSA) is 126 Å². The van der Waals surface area contributed by atoms with Crippen LogP contribution < -0.4 is 15.4 Å². The molecule has 0 unspecified atom stereocenters. The molecule has 3 N–H and O–H groups in total. The predicted octanol–water partition coefficient (Wildman–Crippen LogP) is 2.52. The number of hydrogen-bond donors (Lipinski definition) is 3. The number of sulfonamides is 1. The van der Waals surface area contributed by atoms with E-state index >= 15 is 0 Å². The van der Waals surface area contributed by atoms with Crippen molar-refractivity contribution in [3.63, 3.8) is 0 Å². The van der Waals surface area contributed by atoms with Crippen molar-refractivity contribution < 1.29 is 13.2 Å². The Kier molecular flexibility index (Phi) is 6.70. The van der Waals surface area contributed by atoms with Gasteiger partial charge in [0, 0.05) is 30.9 Å². The molecule has 156 valence electrons. The minimum Gasteiger partial charge on any atom is -0.369 e. The van der Waals surface area contributed by atoms with Crippen molar-refractivity contribution in [2.24, 2.45) is 0 Å². The lowest BCUT2D eigenvalue weighted by molar-refractivity contribution is 0.101. The third-order valence-corrected chi connectivity index (χ3v) is 5.49.